The SMILES string of the molecule is O=P1(O)OP(=O)(O)C1NCC1CCCO1. The van der Waals surface area contributed by atoms with Gasteiger partial charge in [-0.15, -0.1) is 0 Å². The second-order valence-corrected chi connectivity index (χ2v) is 7.98. The van der Waals surface area contributed by atoms with Crippen LogP contribution in [0, 0.1) is 0 Å². The molecule has 3 atom stereocenters. The van der Waals surface area contributed by atoms with Crippen LogP contribution in [-0.4, -0.2) is 34.6 Å². The molecule has 7 nitrogen and oxygen atoms in total. The Kier molecular flexibility index (Phi) is 3.07. The van der Waals surface area contributed by atoms with Gasteiger partial charge in [-0.05, 0) is 12.8 Å². The minimum atomic E-state index is -3.93. The summed E-state index contributed by atoms with van der Waals surface area (Å²) in [5.41, 5.74) is -1.35. The van der Waals surface area contributed by atoms with Crippen molar-refractivity contribution < 1.29 is 28.0 Å². The predicted molar refractivity (Wildman–Crippen MR) is 51.5 cm³/mol. The molecule has 0 radical (unpaired) electrons. The van der Waals surface area contributed by atoms with Gasteiger partial charge >= 0.3 is 15.2 Å². The summed E-state index contributed by atoms with van der Waals surface area (Å²) < 4.78 is 31.6. The van der Waals surface area contributed by atoms with E-state index >= 15 is 0 Å². The Balaban J connectivity index is 1.88. The van der Waals surface area contributed by atoms with Gasteiger partial charge in [-0.1, -0.05) is 0 Å². The molecular weight excluding hydrogens is 244 g/mol. The Bertz CT molecular complexity index is 319. The lowest BCUT2D eigenvalue weighted by Gasteiger charge is -2.36. The Morgan fingerprint density at radius 2 is 2.00 bits per heavy atom. The molecule has 0 bridgehead atoms. The largest absolute Gasteiger partial charge is 0.377 e. The zero-order valence-corrected chi connectivity index (χ0v) is 9.69. The lowest BCUT2D eigenvalue weighted by molar-refractivity contribution is 0.109. The monoisotopic (exact) mass is 257 g/mol. The summed E-state index contributed by atoms with van der Waals surface area (Å²) in [5.74, 6) is 0. The molecule has 2 fully saturated rings. The summed E-state index contributed by atoms with van der Waals surface area (Å²) >= 11 is 0. The van der Waals surface area contributed by atoms with Crippen molar-refractivity contribution in [2.24, 2.45) is 0 Å². The first-order chi connectivity index (χ1) is 6.92. The van der Waals surface area contributed by atoms with Crippen LogP contribution in [-0.2, 0) is 18.2 Å². The molecule has 0 amide bonds. The maximum absolute atomic E-state index is 11.1. The van der Waals surface area contributed by atoms with Crippen molar-refractivity contribution in [3.05, 3.63) is 0 Å². The molecule has 2 heterocycles. The van der Waals surface area contributed by atoms with Crippen LogP contribution in [0.15, 0.2) is 0 Å². The molecule has 2 rings (SSSR count). The minimum absolute atomic E-state index is 0.0504. The summed E-state index contributed by atoms with van der Waals surface area (Å²) in [6.45, 7) is 0.963. The summed E-state index contributed by atoms with van der Waals surface area (Å²) in [7, 11) is -7.87. The van der Waals surface area contributed by atoms with E-state index in [9.17, 15) is 9.13 Å². The first-order valence-electron chi connectivity index (χ1n) is 4.63. The highest BCUT2D eigenvalue weighted by Crippen LogP contribution is 2.80. The summed E-state index contributed by atoms with van der Waals surface area (Å²) in [4.78, 5) is 18.2. The molecule has 0 aromatic rings. The van der Waals surface area contributed by atoms with Gasteiger partial charge in [0.05, 0.1) is 6.10 Å². The van der Waals surface area contributed by atoms with Gasteiger partial charge in [0.15, 0.2) is 0 Å². The standard InChI is InChI=1S/C6H13NO6P2/c8-14(9)6(15(10,11)13-14)7-4-5-2-1-3-12-5/h5-7H,1-4H2,(H,8,9)(H,10,11). The molecule has 2 saturated heterocycles. The molecule has 2 aliphatic rings. The molecule has 0 aromatic heterocycles. The molecule has 15 heavy (non-hydrogen) atoms. The maximum atomic E-state index is 11.1. The fraction of sp³-hybridized carbons (Fsp3) is 1.00. The molecule has 9 heteroatoms. The zero-order valence-electron chi connectivity index (χ0n) is 7.90. The van der Waals surface area contributed by atoms with E-state index in [4.69, 9.17) is 14.5 Å². The van der Waals surface area contributed by atoms with Gasteiger partial charge in [-0.25, -0.2) is 4.31 Å². The fourth-order valence-electron chi connectivity index (χ4n) is 1.67. The van der Waals surface area contributed by atoms with Crippen LogP contribution in [0.4, 0.5) is 0 Å². The van der Waals surface area contributed by atoms with Gasteiger partial charge in [-0.3, -0.25) is 14.4 Å². The van der Waals surface area contributed by atoms with E-state index in [1.54, 1.807) is 0 Å². The van der Waals surface area contributed by atoms with Crippen LogP contribution in [0.3, 0.4) is 0 Å². The summed E-state index contributed by atoms with van der Waals surface area (Å²) in [6.07, 6.45) is 1.75. The number of hydrogen-bond acceptors (Lipinski definition) is 5. The van der Waals surface area contributed by atoms with Crippen molar-refractivity contribution in [1.82, 2.24) is 5.32 Å². The number of hydrogen-bond donors (Lipinski definition) is 3. The van der Waals surface area contributed by atoms with Crippen LogP contribution in [0.2, 0.25) is 0 Å². The molecule has 2 aliphatic heterocycles. The molecule has 0 aliphatic carbocycles. The maximum Gasteiger partial charge on any atom is 0.364 e. The van der Waals surface area contributed by atoms with Crippen LogP contribution in [0.5, 0.6) is 0 Å². The predicted octanol–water partition coefficient (Wildman–Crippen LogP) is 0.440. The molecular formula is C6H13NO6P2. The zero-order chi connectivity index (χ0) is 11.1. The Morgan fingerprint density at radius 1 is 1.33 bits per heavy atom. The van der Waals surface area contributed by atoms with Crippen LogP contribution in [0.1, 0.15) is 12.8 Å². The normalized spacial score (nSPS) is 50.3. The van der Waals surface area contributed by atoms with Crippen molar-refractivity contribution in [2.45, 2.75) is 24.5 Å². The Morgan fingerprint density at radius 3 is 2.47 bits per heavy atom. The third-order valence-corrected chi connectivity index (χ3v) is 7.63. The average Bonchev–Trinajstić information content (AvgIpc) is 2.53. The highest BCUT2D eigenvalue weighted by atomic mass is 31.3. The Labute approximate surface area is 86.8 Å². The van der Waals surface area contributed by atoms with E-state index in [0.29, 0.717) is 13.2 Å². The molecule has 0 saturated carbocycles. The smallest absolute Gasteiger partial charge is 0.364 e. The van der Waals surface area contributed by atoms with Gasteiger partial charge in [-0.2, -0.15) is 0 Å². The van der Waals surface area contributed by atoms with Crippen molar-refractivity contribution in [3.63, 3.8) is 0 Å². The molecule has 0 spiro atoms. The van der Waals surface area contributed by atoms with Gasteiger partial charge in [0.25, 0.3) is 0 Å². The third kappa shape index (κ3) is 2.34. The Hall–Kier alpha value is 0.260. The van der Waals surface area contributed by atoms with Crippen molar-refractivity contribution in [3.8, 4) is 0 Å². The summed E-state index contributed by atoms with van der Waals surface area (Å²) in [5, 5.41) is 2.57. The van der Waals surface area contributed by atoms with Crippen molar-refractivity contribution in [2.75, 3.05) is 13.2 Å². The van der Waals surface area contributed by atoms with E-state index in [1.165, 1.54) is 0 Å². The average molecular weight is 257 g/mol. The molecule has 88 valence electrons. The van der Waals surface area contributed by atoms with Crippen molar-refractivity contribution in [1.29, 1.82) is 0 Å². The first-order valence-corrected chi connectivity index (χ1v) is 7.92. The lowest BCUT2D eigenvalue weighted by Crippen LogP contribution is -2.40. The van der Waals surface area contributed by atoms with Crippen LogP contribution in [0.25, 0.3) is 0 Å². The fourth-order valence-corrected chi connectivity index (χ4v) is 5.54. The topological polar surface area (TPSA) is 105 Å². The minimum Gasteiger partial charge on any atom is -0.377 e. The van der Waals surface area contributed by atoms with Gasteiger partial charge in [0, 0.05) is 13.2 Å². The quantitative estimate of drug-likeness (QED) is 0.630. The van der Waals surface area contributed by atoms with E-state index in [2.05, 4.69) is 9.63 Å². The van der Waals surface area contributed by atoms with Crippen LogP contribution >= 0.6 is 15.2 Å². The van der Waals surface area contributed by atoms with E-state index in [1.807, 2.05) is 0 Å². The van der Waals surface area contributed by atoms with E-state index in [-0.39, 0.29) is 6.10 Å². The molecule has 3 N–H and O–H groups in total. The van der Waals surface area contributed by atoms with Gasteiger partial charge < -0.3 is 14.5 Å². The summed E-state index contributed by atoms with van der Waals surface area (Å²) in [6, 6.07) is 0. The molecule has 0 aromatic carbocycles. The highest BCUT2D eigenvalue weighted by molar-refractivity contribution is 7.84. The van der Waals surface area contributed by atoms with Crippen LogP contribution < -0.4 is 5.32 Å². The van der Waals surface area contributed by atoms with E-state index in [0.717, 1.165) is 12.8 Å². The van der Waals surface area contributed by atoms with Gasteiger partial charge in [0.1, 0.15) is 0 Å². The lowest BCUT2D eigenvalue weighted by atomic mass is 10.2. The molecule has 3 unspecified atom stereocenters. The number of nitrogens with one attached hydrogen (secondary N) is 1. The third-order valence-electron chi connectivity index (χ3n) is 2.40. The van der Waals surface area contributed by atoms with E-state index < -0.39 is 20.7 Å². The number of ether oxygens (including phenoxy) is 1. The second-order valence-electron chi connectivity index (χ2n) is 3.63. The van der Waals surface area contributed by atoms with Gasteiger partial charge in [0.2, 0.25) is 5.52 Å². The number of rotatable bonds is 3. The second kappa shape index (κ2) is 3.93. The van der Waals surface area contributed by atoms with Crippen molar-refractivity contribution >= 4 is 15.2 Å². The highest BCUT2D eigenvalue weighted by Gasteiger charge is 2.61. The first kappa shape index (κ1) is 11.7.